The Hall–Kier alpha value is -2.40. The quantitative estimate of drug-likeness (QED) is 0.908. The van der Waals surface area contributed by atoms with E-state index < -0.39 is 17.8 Å². The minimum atomic E-state index is -0.911. The van der Waals surface area contributed by atoms with Crippen LogP contribution < -0.4 is 0 Å². The Morgan fingerprint density at radius 3 is 2.43 bits per heavy atom. The molecule has 0 spiro atoms. The smallest absolute Gasteiger partial charge is 0.256 e. The van der Waals surface area contributed by atoms with Gasteiger partial charge in [-0.2, -0.15) is 0 Å². The molecule has 0 aliphatic rings. The number of phenolic OH excluding ortho intramolecular Hbond substituents is 1. The first-order chi connectivity index (χ1) is 9.99. The van der Waals surface area contributed by atoms with Crippen LogP contribution >= 0.6 is 0 Å². The Kier molecular flexibility index (Phi) is 4.55. The monoisotopic (exact) mass is 289 g/mol. The maximum atomic E-state index is 13.6. The van der Waals surface area contributed by atoms with Crippen LogP contribution in [0.2, 0.25) is 0 Å². The predicted octanol–water partition coefficient (Wildman–Crippen LogP) is 2.34. The molecular weight excluding hydrogens is 273 g/mol. The SMILES string of the molecule is CN(CC(O)c1ccc(O)cc1)C(=O)c1ccccc1F. The van der Waals surface area contributed by atoms with Gasteiger partial charge >= 0.3 is 0 Å². The number of likely N-dealkylation sites (N-methyl/N-ethyl adjacent to an activating group) is 1. The van der Waals surface area contributed by atoms with E-state index in [0.29, 0.717) is 5.56 Å². The lowest BCUT2D eigenvalue weighted by Gasteiger charge is -2.21. The van der Waals surface area contributed by atoms with Crippen LogP contribution in [-0.2, 0) is 0 Å². The largest absolute Gasteiger partial charge is 0.508 e. The first-order valence-corrected chi connectivity index (χ1v) is 6.46. The van der Waals surface area contributed by atoms with Crippen molar-refractivity contribution >= 4 is 5.91 Å². The predicted molar refractivity (Wildman–Crippen MR) is 76.4 cm³/mol. The number of hydrogen-bond donors (Lipinski definition) is 2. The number of aliphatic hydroxyl groups is 1. The van der Waals surface area contributed by atoms with Crippen molar-refractivity contribution in [1.29, 1.82) is 0 Å². The number of carbonyl (C=O) groups is 1. The molecule has 1 unspecified atom stereocenters. The fourth-order valence-corrected chi connectivity index (χ4v) is 1.98. The summed E-state index contributed by atoms with van der Waals surface area (Å²) >= 11 is 0. The number of nitrogens with zero attached hydrogens (tertiary/aromatic N) is 1. The number of aromatic hydroxyl groups is 1. The van der Waals surface area contributed by atoms with Crippen LogP contribution in [0.4, 0.5) is 4.39 Å². The van der Waals surface area contributed by atoms with Crippen molar-refractivity contribution in [2.24, 2.45) is 0 Å². The third kappa shape index (κ3) is 3.58. The van der Waals surface area contributed by atoms with Crippen molar-refractivity contribution in [3.05, 3.63) is 65.5 Å². The minimum absolute atomic E-state index is 0.0257. The Morgan fingerprint density at radius 2 is 1.81 bits per heavy atom. The van der Waals surface area contributed by atoms with Gasteiger partial charge in [-0.1, -0.05) is 24.3 Å². The summed E-state index contributed by atoms with van der Waals surface area (Å²) in [4.78, 5) is 13.4. The Balaban J connectivity index is 2.07. The van der Waals surface area contributed by atoms with E-state index in [9.17, 15) is 19.4 Å². The van der Waals surface area contributed by atoms with Crippen LogP contribution in [0.1, 0.15) is 22.0 Å². The van der Waals surface area contributed by atoms with Crippen molar-refractivity contribution in [3.8, 4) is 5.75 Å². The Labute approximate surface area is 122 Å². The average molecular weight is 289 g/mol. The Morgan fingerprint density at radius 1 is 1.19 bits per heavy atom. The third-order valence-electron chi connectivity index (χ3n) is 3.18. The number of halogens is 1. The van der Waals surface area contributed by atoms with Gasteiger partial charge in [-0.15, -0.1) is 0 Å². The van der Waals surface area contributed by atoms with Gasteiger partial charge in [0.15, 0.2) is 0 Å². The topological polar surface area (TPSA) is 60.8 Å². The zero-order valence-electron chi connectivity index (χ0n) is 11.5. The van der Waals surface area contributed by atoms with E-state index >= 15 is 0 Å². The lowest BCUT2D eigenvalue weighted by molar-refractivity contribution is 0.0676. The van der Waals surface area contributed by atoms with E-state index in [-0.39, 0.29) is 17.9 Å². The van der Waals surface area contributed by atoms with E-state index in [2.05, 4.69) is 0 Å². The van der Waals surface area contributed by atoms with Gasteiger partial charge in [-0.3, -0.25) is 4.79 Å². The van der Waals surface area contributed by atoms with Crippen LogP contribution in [0, 0.1) is 5.82 Å². The van der Waals surface area contributed by atoms with Gasteiger partial charge in [0.25, 0.3) is 5.91 Å². The summed E-state index contributed by atoms with van der Waals surface area (Å²) < 4.78 is 13.6. The molecule has 0 saturated heterocycles. The van der Waals surface area contributed by atoms with E-state index in [1.165, 1.54) is 42.3 Å². The van der Waals surface area contributed by atoms with Crippen molar-refractivity contribution in [2.75, 3.05) is 13.6 Å². The van der Waals surface area contributed by atoms with E-state index in [0.717, 1.165) is 0 Å². The molecule has 0 aromatic heterocycles. The molecule has 2 aromatic rings. The second-order valence-corrected chi connectivity index (χ2v) is 4.77. The molecule has 2 aromatic carbocycles. The molecule has 0 saturated carbocycles. The highest BCUT2D eigenvalue weighted by Crippen LogP contribution is 2.18. The molecular formula is C16H16FNO3. The molecule has 0 fully saturated rings. The van der Waals surface area contributed by atoms with Crippen LogP contribution in [-0.4, -0.2) is 34.6 Å². The highest BCUT2D eigenvalue weighted by atomic mass is 19.1. The second kappa shape index (κ2) is 6.37. The molecule has 110 valence electrons. The van der Waals surface area contributed by atoms with E-state index in [1.54, 1.807) is 18.2 Å². The summed E-state index contributed by atoms with van der Waals surface area (Å²) in [6.07, 6.45) is -0.911. The maximum Gasteiger partial charge on any atom is 0.256 e. The summed E-state index contributed by atoms with van der Waals surface area (Å²) in [5.41, 5.74) is 0.541. The molecule has 0 aliphatic carbocycles. The number of rotatable bonds is 4. The molecule has 0 radical (unpaired) electrons. The fraction of sp³-hybridized carbons (Fsp3) is 0.188. The fourth-order valence-electron chi connectivity index (χ4n) is 1.98. The average Bonchev–Trinajstić information content (AvgIpc) is 2.47. The molecule has 4 nitrogen and oxygen atoms in total. The summed E-state index contributed by atoms with van der Waals surface area (Å²) in [5, 5.41) is 19.3. The van der Waals surface area contributed by atoms with Gasteiger partial charge < -0.3 is 15.1 Å². The van der Waals surface area contributed by atoms with Gasteiger partial charge in [0, 0.05) is 7.05 Å². The number of carbonyl (C=O) groups excluding carboxylic acids is 1. The first kappa shape index (κ1) is 15.0. The molecule has 0 bridgehead atoms. The molecule has 1 atom stereocenters. The molecule has 2 rings (SSSR count). The summed E-state index contributed by atoms with van der Waals surface area (Å²) in [7, 11) is 1.50. The van der Waals surface area contributed by atoms with Crippen LogP contribution in [0.3, 0.4) is 0 Å². The summed E-state index contributed by atoms with van der Waals surface area (Å²) in [6, 6.07) is 11.8. The highest BCUT2D eigenvalue weighted by molar-refractivity contribution is 5.94. The summed E-state index contributed by atoms with van der Waals surface area (Å²) in [6.45, 7) is 0.0257. The minimum Gasteiger partial charge on any atom is -0.508 e. The first-order valence-electron chi connectivity index (χ1n) is 6.46. The lowest BCUT2D eigenvalue weighted by Crippen LogP contribution is -2.31. The lowest BCUT2D eigenvalue weighted by atomic mass is 10.1. The number of aliphatic hydroxyl groups excluding tert-OH is 1. The van der Waals surface area contributed by atoms with Crippen molar-refractivity contribution in [2.45, 2.75) is 6.10 Å². The van der Waals surface area contributed by atoms with E-state index in [1.807, 2.05) is 0 Å². The Bertz CT molecular complexity index is 628. The molecule has 0 heterocycles. The van der Waals surface area contributed by atoms with E-state index in [4.69, 9.17) is 0 Å². The van der Waals surface area contributed by atoms with Gasteiger partial charge in [-0.05, 0) is 29.8 Å². The zero-order chi connectivity index (χ0) is 15.4. The number of phenols is 1. The maximum absolute atomic E-state index is 13.6. The molecule has 5 heteroatoms. The number of benzene rings is 2. The molecule has 1 amide bonds. The normalized spacial score (nSPS) is 12.0. The number of hydrogen-bond acceptors (Lipinski definition) is 3. The second-order valence-electron chi connectivity index (χ2n) is 4.77. The summed E-state index contributed by atoms with van der Waals surface area (Å²) in [5.74, 6) is -0.985. The highest BCUT2D eigenvalue weighted by Gasteiger charge is 2.19. The molecule has 0 aliphatic heterocycles. The van der Waals surface area contributed by atoms with Crippen LogP contribution in [0.25, 0.3) is 0 Å². The standard InChI is InChI=1S/C16H16FNO3/c1-18(16(21)13-4-2-3-5-14(13)17)10-15(20)11-6-8-12(19)9-7-11/h2-9,15,19-20H,10H2,1H3. The zero-order valence-corrected chi connectivity index (χ0v) is 11.5. The van der Waals surface area contributed by atoms with Crippen molar-refractivity contribution in [3.63, 3.8) is 0 Å². The van der Waals surface area contributed by atoms with Crippen molar-refractivity contribution in [1.82, 2.24) is 4.90 Å². The van der Waals surface area contributed by atoms with Crippen LogP contribution in [0.15, 0.2) is 48.5 Å². The van der Waals surface area contributed by atoms with Crippen LogP contribution in [0.5, 0.6) is 5.75 Å². The third-order valence-corrected chi connectivity index (χ3v) is 3.18. The van der Waals surface area contributed by atoms with Gasteiger partial charge in [0.05, 0.1) is 18.2 Å². The van der Waals surface area contributed by atoms with Gasteiger partial charge in [-0.25, -0.2) is 4.39 Å². The molecule has 2 N–H and O–H groups in total. The van der Waals surface area contributed by atoms with Crippen molar-refractivity contribution < 1.29 is 19.4 Å². The number of amides is 1. The molecule has 21 heavy (non-hydrogen) atoms. The van der Waals surface area contributed by atoms with Gasteiger partial charge in [0.1, 0.15) is 11.6 Å². The van der Waals surface area contributed by atoms with Gasteiger partial charge in [0.2, 0.25) is 0 Å².